The van der Waals surface area contributed by atoms with Crippen molar-refractivity contribution in [2.45, 2.75) is 19.8 Å². The average Bonchev–Trinajstić information content (AvgIpc) is 2.34. The summed E-state index contributed by atoms with van der Waals surface area (Å²) in [7, 11) is 1.80. The quantitative estimate of drug-likeness (QED) is 0.657. The molecule has 0 spiro atoms. The van der Waals surface area contributed by atoms with E-state index in [9.17, 15) is 4.79 Å². The summed E-state index contributed by atoms with van der Waals surface area (Å²) in [5.74, 6) is 2.42. The molecule has 1 heterocycles. The molecular formula is C11H19N5O2. The second kappa shape index (κ2) is 6.63. The average molecular weight is 253 g/mol. The first-order chi connectivity index (χ1) is 8.52. The molecule has 7 nitrogen and oxygen atoms in total. The molecule has 0 aliphatic carbocycles. The number of nitrogens with zero attached hydrogens (tertiary/aromatic N) is 2. The van der Waals surface area contributed by atoms with Crippen LogP contribution in [0.3, 0.4) is 0 Å². The van der Waals surface area contributed by atoms with Crippen molar-refractivity contribution in [3.05, 3.63) is 11.9 Å². The highest BCUT2D eigenvalue weighted by atomic mass is 16.5. The van der Waals surface area contributed by atoms with Gasteiger partial charge in [-0.2, -0.15) is 0 Å². The normalized spacial score (nSPS) is 10.2. The molecule has 0 bridgehead atoms. The summed E-state index contributed by atoms with van der Waals surface area (Å²) in [6.45, 7) is 4.69. The molecule has 1 aromatic heterocycles. The van der Waals surface area contributed by atoms with E-state index in [0.717, 1.165) is 11.6 Å². The van der Waals surface area contributed by atoms with E-state index in [4.69, 9.17) is 5.73 Å². The van der Waals surface area contributed by atoms with Gasteiger partial charge in [0.1, 0.15) is 24.1 Å². The summed E-state index contributed by atoms with van der Waals surface area (Å²) < 4.78 is 4.62. The lowest BCUT2D eigenvalue weighted by molar-refractivity contribution is 0.161. The number of nitrogens with two attached hydrogens (primary N) is 1. The molecule has 0 fully saturated rings. The van der Waals surface area contributed by atoms with E-state index in [1.165, 1.54) is 0 Å². The summed E-state index contributed by atoms with van der Waals surface area (Å²) in [4.78, 5) is 19.1. The minimum absolute atomic E-state index is 0.200. The van der Waals surface area contributed by atoms with Crippen molar-refractivity contribution in [3.63, 3.8) is 0 Å². The van der Waals surface area contributed by atoms with Crippen LogP contribution in [0.4, 0.5) is 16.4 Å². The maximum absolute atomic E-state index is 10.4. The third-order valence-corrected chi connectivity index (χ3v) is 2.17. The lowest BCUT2D eigenvalue weighted by Crippen LogP contribution is -2.19. The summed E-state index contributed by atoms with van der Waals surface area (Å²) >= 11 is 0. The molecule has 7 heteroatoms. The van der Waals surface area contributed by atoms with Crippen LogP contribution < -0.4 is 16.4 Å². The molecule has 1 rings (SSSR count). The highest BCUT2D eigenvalue weighted by molar-refractivity contribution is 5.64. The third-order valence-electron chi connectivity index (χ3n) is 2.17. The van der Waals surface area contributed by atoms with Gasteiger partial charge in [0, 0.05) is 19.0 Å². The lowest BCUT2D eigenvalue weighted by Gasteiger charge is -2.11. The minimum Gasteiger partial charge on any atom is -0.448 e. The minimum atomic E-state index is -0.779. The highest BCUT2D eigenvalue weighted by Crippen LogP contribution is 2.16. The lowest BCUT2D eigenvalue weighted by atomic mass is 10.2. The first kappa shape index (κ1) is 14.0. The molecule has 0 aromatic carbocycles. The van der Waals surface area contributed by atoms with Gasteiger partial charge in [-0.25, -0.2) is 14.8 Å². The number of hydrogen-bond acceptors (Lipinski definition) is 6. The largest absolute Gasteiger partial charge is 0.448 e. The Morgan fingerprint density at radius 3 is 2.67 bits per heavy atom. The van der Waals surface area contributed by atoms with Crippen molar-refractivity contribution in [1.82, 2.24) is 9.97 Å². The first-order valence-electron chi connectivity index (χ1n) is 5.75. The van der Waals surface area contributed by atoms with E-state index in [-0.39, 0.29) is 12.5 Å². The Morgan fingerprint density at radius 1 is 1.44 bits per heavy atom. The zero-order chi connectivity index (χ0) is 13.5. The fraction of sp³-hybridized carbons (Fsp3) is 0.545. The van der Waals surface area contributed by atoms with Crippen LogP contribution in [0.5, 0.6) is 0 Å². The van der Waals surface area contributed by atoms with Crippen LogP contribution in [0.15, 0.2) is 6.07 Å². The Hall–Kier alpha value is -2.05. The standard InChI is InChI=1S/C11H19N5O2/c1-7(2)10-15-8(13-3)6-9(16-10)14-4-5-18-11(12)17/h6-7H,4-5H2,1-3H3,(H2,12,17)(H2,13,14,15,16). The van der Waals surface area contributed by atoms with Crippen LogP contribution in [0.2, 0.25) is 0 Å². The van der Waals surface area contributed by atoms with E-state index in [1.54, 1.807) is 13.1 Å². The molecule has 0 aliphatic heterocycles. The summed E-state index contributed by atoms with van der Waals surface area (Å²) in [6, 6.07) is 1.79. The Bertz CT molecular complexity index is 408. The smallest absolute Gasteiger partial charge is 0.404 e. The number of rotatable bonds is 6. The second-order valence-electron chi connectivity index (χ2n) is 4.00. The summed E-state index contributed by atoms with van der Waals surface area (Å²) in [5, 5.41) is 6.02. The number of aromatic nitrogens is 2. The Labute approximate surface area is 106 Å². The van der Waals surface area contributed by atoms with Crippen molar-refractivity contribution in [3.8, 4) is 0 Å². The maximum atomic E-state index is 10.4. The van der Waals surface area contributed by atoms with Gasteiger partial charge in [-0.15, -0.1) is 0 Å². The molecule has 1 aromatic rings. The van der Waals surface area contributed by atoms with Gasteiger partial charge in [0.25, 0.3) is 0 Å². The molecule has 0 saturated heterocycles. The number of amides is 1. The van der Waals surface area contributed by atoms with Crippen LogP contribution in [-0.4, -0.2) is 36.3 Å². The number of hydrogen-bond donors (Lipinski definition) is 3. The van der Waals surface area contributed by atoms with Gasteiger partial charge in [-0.1, -0.05) is 13.8 Å². The molecule has 1 amide bonds. The number of carbonyl (C=O) groups excluding carboxylic acids is 1. The number of nitrogens with one attached hydrogen (secondary N) is 2. The van der Waals surface area contributed by atoms with Gasteiger partial charge in [0.05, 0.1) is 6.54 Å². The monoisotopic (exact) mass is 253 g/mol. The van der Waals surface area contributed by atoms with Gasteiger partial charge >= 0.3 is 6.09 Å². The molecule has 0 aliphatic rings. The van der Waals surface area contributed by atoms with Crippen LogP contribution in [-0.2, 0) is 4.74 Å². The fourth-order valence-corrected chi connectivity index (χ4v) is 1.27. The Kier molecular flexibility index (Phi) is 5.16. The summed E-state index contributed by atoms with van der Waals surface area (Å²) in [5.41, 5.74) is 4.86. The second-order valence-corrected chi connectivity index (χ2v) is 4.00. The predicted molar refractivity (Wildman–Crippen MR) is 69.7 cm³/mol. The fourth-order valence-electron chi connectivity index (χ4n) is 1.27. The number of ether oxygens (including phenoxy) is 1. The van der Waals surface area contributed by atoms with Gasteiger partial charge in [0.2, 0.25) is 0 Å². The third kappa shape index (κ3) is 4.44. The number of anilines is 2. The summed E-state index contributed by atoms with van der Waals surface area (Å²) in [6.07, 6.45) is -0.779. The highest BCUT2D eigenvalue weighted by Gasteiger charge is 2.07. The van der Waals surface area contributed by atoms with Gasteiger partial charge < -0.3 is 21.1 Å². The topological polar surface area (TPSA) is 102 Å². The van der Waals surface area contributed by atoms with E-state index < -0.39 is 6.09 Å². The number of carbonyl (C=O) groups is 1. The van der Waals surface area contributed by atoms with E-state index in [2.05, 4.69) is 25.3 Å². The van der Waals surface area contributed by atoms with Gasteiger partial charge in [-0.3, -0.25) is 0 Å². The molecule has 0 saturated carbocycles. The van der Waals surface area contributed by atoms with Gasteiger partial charge in [-0.05, 0) is 0 Å². The first-order valence-corrected chi connectivity index (χ1v) is 5.75. The SMILES string of the molecule is CNc1cc(NCCOC(N)=O)nc(C(C)C)n1. The van der Waals surface area contributed by atoms with Crippen molar-refractivity contribution >= 4 is 17.7 Å². The Balaban J connectivity index is 2.63. The van der Waals surface area contributed by atoms with Crippen molar-refractivity contribution in [1.29, 1.82) is 0 Å². The predicted octanol–water partition coefficient (Wildman–Crippen LogP) is 1.15. The van der Waals surface area contributed by atoms with Crippen molar-refractivity contribution in [2.24, 2.45) is 5.73 Å². The molecule has 4 N–H and O–H groups in total. The van der Waals surface area contributed by atoms with Gasteiger partial charge in [0.15, 0.2) is 0 Å². The zero-order valence-corrected chi connectivity index (χ0v) is 10.9. The molecule has 100 valence electrons. The van der Waals surface area contributed by atoms with E-state index in [1.807, 2.05) is 13.8 Å². The van der Waals surface area contributed by atoms with Crippen LogP contribution >= 0.6 is 0 Å². The molecule has 0 atom stereocenters. The molecule has 0 radical (unpaired) electrons. The number of primary amides is 1. The van der Waals surface area contributed by atoms with Crippen LogP contribution in [0.1, 0.15) is 25.6 Å². The van der Waals surface area contributed by atoms with Crippen molar-refractivity contribution < 1.29 is 9.53 Å². The van der Waals surface area contributed by atoms with Crippen LogP contribution in [0.25, 0.3) is 0 Å². The Morgan fingerprint density at radius 2 is 2.11 bits per heavy atom. The molecule has 18 heavy (non-hydrogen) atoms. The van der Waals surface area contributed by atoms with Crippen LogP contribution in [0, 0.1) is 0 Å². The van der Waals surface area contributed by atoms with E-state index >= 15 is 0 Å². The zero-order valence-electron chi connectivity index (χ0n) is 10.9. The van der Waals surface area contributed by atoms with E-state index in [0.29, 0.717) is 12.4 Å². The molecular weight excluding hydrogens is 234 g/mol. The maximum Gasteiger partial charge on any atom is 0.404 e. The van der Waals surface area contributed by atoms with Crippen molar-refractivity contribution in [2.75, 3.05) is 30.8 Å². The molecule has 0 unspecified atom stereocenters.